The van der Waals surface area contributed by atoms with Crippen molar-refractivity contribution in [2.75, 3.05) is 4.72 Å². The Labute approximate surface area is 123 Å². The van der Waals surface area contributed by atoms with Gasteiger partial charge in [-0.2, -0.15) is 0 Å². The SMILES string of the molecule is NC(=S)c1ccccc1NS(=O)(=O)Cc1ccccc1. The van der Waals surface area contributed by atoms with E-state index in [-0.39, 0.29) is 10.7 Å². The lowest BCUT2D eigenvalue weighted by Gasteiger charge is -2.11. The number of sulfonamides is 1. The van der Waals surface area contributed by atoms with Gasteiger partial charge in [0.15, 0.2) is 0 Å². The Morgan fingerprint density at radius 3 is 2.30 bits per heavy atom. The van der Waals surface area contributed by atoms with Crippen LogP contribution in [0.4, 0.5) is 5.69 Å². The van der Waals surface area contributed by atoms with Crippen molar-refractivity contribution in [3.63, 3.8) is 0 Å². The summed E-state index contributed by atoms with van der Waals surface area (Å²) >= 11 is 4.91. The normalized spacial score (nSPS) is 11.0. The highest BCUT2D eigenvalue weighted by molar-refractivity contribution is 7.92. The lowest BCUT2D eigenvalue weighted by molar-refractivity contribution is 0.600. The summed E-state index contributed by atoms with van der Waals surface area (Å²) in [5, 5.41) is 0. The second kappa shape index (κ2) is 6.02. The van der Waals surface area contributed by atoms with Gasteiger partial charge in [-0.1, -0.05) is 54.7 Å². The standard InChI is InChI=1S/C14H14N2O2S2/c15-14(19)12-8-4-5-9-13(12)16-20(17,18)10-11-6-2-1-3-7-11/h1-9,16H,10H2,(H2,15,19). The molecule has 0 aliphatic carbocycles. The third-order valence-electron chi connectivity index (χ3n) is 2.66. The van der Waals surface area contributed by atoms with E-state index < -0.39 is 10.0 Å². The highest BCUT2D eigenvalue weighted by Crippen LogP contribution is 2.18. The van der Waals surface area contributed by atoms with Crippen LogP contribution in [0.5, 0.6) is 0 Å². The number of nitrogens with one attached hydrogen (secondary N) is 1. The van der Waals surface area contributed by atoms with Gasteiger partial charge in [-0.3, -0.25) is 4.72 Å². The molecule has 3 N–H and O–H groups in total. The van der Waals surface area contributed by atoms with Crippen LogP contribution in [0.25, 0.3) is 0 Å². The van der Waals surface area contributed by atoms with E-state index in [0.717, 1.165) is 0 Å². The van der Waals surface area contributed by atoms with Gasteiger partial charge >= 0.3 is 0 Å². The quantitative estimate of drug-likeness (QED) is 0.831. The molecule has 0 heterocycles. The van der Waals surface area contributed by atoms with Crippen molar-refractivity contribution >= 4 is 32.9 Å². The van der Waals surface area contributed by atoms with Gasteiger partial charge in [0.25, 0.3) is 0 Å². The molecule has 20 heavy (non-hydrogen) atoms. The van der Waals surface area contributed by atoms with Crippen LogP contribution in [0.15, 0.2) is 54.6 Å². The average molecular weight is 306 g/mol. The van der Waals surface area contributed by atoms with E-state index in [1.165, 1.54) is 0 Å². The van der Waals surface area contributed by atoms with Crippen molar-refractivity contribution in [1.82, 2.24) is 0 Å². The average Bonchev–Trinajstić information content (AvgIpc) is 2.39. The highest BCUT2D eigenvalue weighted by Gasteiger charge is 2.14. The van der Waals surface area contributed by atoms with E-state index in [2.05, 4.69) is 4.72 Å². The topological polar surface area (TPSA) is 72.2 Å². The maximum absolute atomic E-state index is 12.1. The molecular weight excluding hydrogens is 292 g/mol. The zero-order valence-corrected chi connectivity index (χ0v) is 12.2. The zero-order chi connectivity index (χ0) is 14.6. The summed E-state index contributed by atoms with van der Waals surface area (Å²) in [6, 6.07) is 15.8. The third-order valence-corrected chi connectivity index (χ3v) is 4.12. The van der Waals surface area contributed by atoms with E-state index in [4.69, 9.17) is 18.0 Å². The Hall–Kier alpha value is -1.92. The second-order valence-corrected chi connectivity index (χ2v) is 6.42. The molecule has 0 bridgehead atoms. The first-order valence-corrected chi connectivity index (χ1v) is 7.97. The molecule has 0 amide bonds. The minimum absolute atomic E-state index is 0.0977. The molecule has 104 valence electrons. The van der Waals surface area contributed by atoms with Crippen LogP contribution in [-0.2, 0) is 15.8 Å². The van der Waals surface area contributed by atoms with E-state index in [0.29, 0.717) is 16.8 Å². The molecule has 0 unspecified atom stereocenters. The smallest absolute Gasteiger partial charge is 0.236 e. The number of hydrogen-bond donors (Lipinski definition) is 2. The molecule has 0 atom stereocenters. The number of rotatable bonds is 5. The molecule has 2 aromatic rings. The Morgan fingerprint density at radius 2 is 1.65 bits per heavy atom. The molecule has 4 nitrogen and oxygen atoms in total. The summed E-state index contributed by atoms with van der Waals surface area (Å²) < 4.78 is 26.8. The van der Waals surface area contributed by atoms with Crippen molar-refractivity contribution < 1.29 is 8.42 Å². The van der Waals surface area contributed by atoms with Gasteiger partial charge in [0.2, 0.25) is 10.0 Å². The Bertz CT molecular complexity index is 713. The van der Waals surface area contributed by atoms with Gasteiger partial charge in [-0.15, -0.1) is 0 Å². The first kappa shape index (κ1) is 14.5. The fourth-order valence-corrected chi connectivity index (χ4v) is 3.18. The fraction of sp³-hybridized carbons (Fsp3) is 0.0714. The summed E-state index contributed by atoms with van der Waals surface area (Å²) in [6.45, 7) is 0. The van der Waals surface area contributed by atoms with Crippen molar-refractivity contribution in [3.05, 3.63) is 65.7 Å². The van der Waals surface area contributed by atoms with Gasteiger partial charge in [0, 0.05) is 5.56 Å². The fourth-order valence-electron chi connectivity index (χ4n) is 1.78. The number of thiocarbonyl (C=S) groups is 1. The monoisotopic (exact) mass is 306 g/mol. The predicted octanol–water partition coefficient (Wildman–Crippen LogP) is 2.26. The molecule has 0 saturated carbocycles. The molecule has 2 rings (SSSR count). The van der Waals surface area contributed by atoms with Gasteiger partial charge in [-0.05, 0) is 17.7 Å². The zero-order valence-electron chi connectivity index (χ0n) is 10.6. The van der Waals surface area contributed by atoms with E-state index >= 15 is 0 Å². The van der Waals surface area contributed by atoms with Gasteiger partial charge in [0.1, 0.15) is 4.99 Å². The van der Waals surface area contributed by atoms with Crippen molar-refractivity contribution in [2.45, 2.75) is 5.75 Å². The molecule has 0 aliphatic heterocycles. The minimum atomic E-state index is -3.51. The first-order valence-electron chi connectivity index (χ1n) is 5.91. The summed E-state index contributed by atoms with van der Waals surface area (Å²) in [5.74, 6) is -0.0977. The van der Waals surface area contributed by atoms with Crippen LogP contribution < -0.4 is 10.5 Å². The maximum Gasteiger partial charge on any atom is 0.236 e. The van der Waals surface area contributed by atoms with Crippen LogP contribution in [0, 0.1) is 0 Å². The van der Waals surface area contributed by atoms with Crippen molar-refractivity contribution in [1.29, 1.82) is 0 Å². The Balaban J connectivity index is 2.23. The molecule has 0 radical (unpaired) electrons. The van der Waals surface area contributed by atoms with Crippen LogP contribution in [0.2, 0.25) is 0 Å². The molecule has 0 saturated heterocycles. The van der Waals surface area contributed by atoms with Crippen molar-refractivity contribution in [2.24, 2.45) is 5.73 Å². The van der Waals surface area contributed by atoms with Crippen LogP contribution in [-0.4, -0.2) is 13.4 Å². The largest absolute Gasteiger partial charge is 0.389 e. The third kappa shape index (κ3) is 3.79. The van der Waals surface area contributed by atoms with Crippen LogP contribution in [0.1, 0.15) is 11.1 Å². The van der Waals surface area contributed by atoms with E-state index in [1.807, 2.05) is 6.07 Å². The molecule has 0 aliphatic rings. The molecule has 0 fully saturated rings. The van der Waals surface area contributed by atoms with E-state index in [1.54, 1.807) is 48.5 Å². The lowest BCUT2D eigenvalue weighted by Crippen LogP contribution is -2.19. The van der Waals surface area contributed by atoms with Gasteiger partial charge < -0.3 is 5.73 Å². The molecule has 2 aromatic carbocycles. The summed E-state index contributed by atoms with van der Waals surface area (Å²) in [4.78, 5) is 0.156. The van der Waals surface area contributed by atoms with Crippen LogP contribution in [0.3, 0.4) is 0 Å². The molecule has 0 spiro atoms. The van der Waals surface area contributed by atoms with Crippen molar-refractivity contribution in [3.8, 4) is 0 Å². The summed E-state index contributed by atoms with van der Waals surface area (Å²) in [6.07, 6.45) is 0. The number of para-hydroxylation sites is 1. The maximum atomic E-state index is 12.1. The number of benzene rings is 2. The number of anilines is 1. The first-order chi connectivity index (χ1) is 9.48. The van der Waals surface area contributed by atoms with Gasteiger partial charge in [-0.25, -0.2) is 8.42 Å². The minimum Gasteiger partial charge on any atom is -0.389 e. The lowest BCUT2D eigenvalue weighted by atomic mass is 10.2. The highest BCUT2D eigenvalue weighted by atomic mass is 32.2. The number of nitrogens with two attached hydrogens (primary N) is 1. The summed E-state index contributed by atoms with van der Waals surface area (Å²) in [5.41, 5.74) is 7.21. The molecule has 6 heteroatoms. The Morgan fingerprint density at radius 1 is 1.05 bits per heavy atom. The van der Waals surface area contributed by atoms with Crippen LogP contribution >= 0.6 is 12.2 Å². The van der Waals surface area contributed by atoms with Gasteiger partial charge in [0.05, 0.1) is 11.4 Å². The second-order valence-electron chi connectivity index (χ2n) is 4.26. The predicted molar refractivity (Wildman–Crippen MR) is 85.0 cm³/mol. The Kier molecular flexibility index (Phi) is 4.36. The summed E-state index contributed by atoms with van der Waals surface area (Å²) in [7, 11) is -3.51. The number of hydrogen-bond acceptors (Lipinski definition) is 3. The molecule has 0 aromatic heterocycles. The van der Waals surface area contributed by atoms with E-state index in [9.17, 15) is 8.42 Å². The molecular formula is C14H14N2O2S2.